The van der Waals surface area contributed by atoms with E-state index in [-0.39, 0.29) is 23.5 Å². The topological polar surface area (TPSA) is 105 Å². The summed E-state index contributed by atoms with van der Waals surface area (Å²) in [6.07, 6.45) is 3.37. The number of carbonyl (C=O) groups excluding carboxylic acids is 2. The van der Waals surface area contributed by atoms with Gasteiger partial charge in [0.2, 0.25) is 11.8 Å². The average Bonchev–Trinajstić information content (AvgIpc) is 2.85. The highest BCUT2D eigenvalue weighted by Crippen LogP contribution is 2.39. The van der Waals surface area contributed by atoms with Crippen LogP contribution in [0.3, 0.4) is 0 Å². The molecule has 0 saturated heterocycles. The Hall–Kier alpha value is -2.84. The van der Waals surface area contributed by atoms with Gasteiger partial charge in [0.15, 0.2) is 0 Å². The van der Waals surface area contributed by atoms with Crippen molar-refractivity contribution in [1.29, 1.82) is 0 Å². The lowest BCUT2D eigenvalue weighted by atomic mass is 9.73. The van der Waals surface area contributed by atoms with Crippen LogP contribution in [0.1, 0.15) is 48.5 Å². The molecule has 34 heavy (non-hydrogen) atoms. The summed E-state index contributed by atoms with van der Waals surface area (Å²) in [6.45, 7) is 2.62. The first-order valence-corrected chi connectivity index (χ1v) is 12.2. The van der Waals surface area contributed by atoms with Gasteiger partial charge in [0.1, 0.15) is 6.04 Å². The van der Waals surface area contributed by atoms with Crippen LogP contribution in [0.25, 0.3) is 0 Å². The van der Waals surface area contributed by atoms with Crippen molar-refractivity contribution >= 4 is 36.1 Å². The van der Waals surface area contributed by atoms with Crippen molar-refractivity contribution in [2.24, 2.45) is 5.41 Å². The molecule has 1 aliphatic rings. The summed E-state index contributed by atoms with van der Waals surface area (Å²) in [6, 6.07) is 14.6. The molecule has 0 heterocycles. The van der Waals surface area contributed by atoms with Crippen LogP contribution < -0.4 is 10.6 Å². The summed E-state index contributed by atoms with van der Waals surface area (Å²) < 4.78 is 5.73. The molecule has 1 aliphatic carbocycles. The minimum Gasteiger partial charge on any atom is -0.478 e. The van der Waals surface area contributed by atoms with E-state index in [1.165, 1.54) is 24.3 Å². The molecule has 8 heteroatoms. The van der Waals surface area contributed by atoms with E-state index in [4.69, 9.17) is 9.84 Å². The number of hydrogen-bond donors (Lipinski definition) is 4. The van der Waals surface area contributed by atoms with Gasteiger partial charge >= 0.3 is 5.97 Å². The monoisotopic (exact) mass is 484 g/mol. The van der Waals surface area contributed by atoms with Crippen molar-refractivity contribution in [2.75, 3.05) is 17.7 Å². The van der Waals surface area contributed by atoms with Gasteiger partial charge in [-0.2, -0.15) is 12.6 Å². The SMILES string of the molecule is CCOC1CCC(CS)(C(=O)N[C@@H](Cc2ccccc2)C(=O)Nc2ccc(C(=O)O)cc2)CC1. The largest absolute Gasteiger partial charge is 0.478 e. The highest BCUT2D eigenvalue weighted by Gasteiger charge is 2.42. The molecule has 0 unspecified atom stereocenters. The molecule has 2 aromatic carbocycles. The smallest absolute Gasteiger partial charge is 0.335 e. The van der Waals surface area contributed by atoms with Gasteiger partial charge in [-0.15, -0.1) is 0 Å². The van der Waals surface area contributed by atoms with Crippen molar-refractivity contribution in [1.82, 2.24) is 5.32 Å². The second kappa shape index (κ2) is 12.0. The predicted octanol–water partition coefficient (Wildman–Crippen LogP) is 3.95. The number of carboxylic acid groups (broad SMARTS) is 1. The van der Waals surface area contributed by atoms with Crippen LogP contribution in [0, 0.1) is 5.41 Å². The second-order valence-electron chi connectivity index (χ2n) is 8.68. The van der Waals surface area contributed by atoms with Crippen molar-refractivity contribution in [3.05, 3.63) is 65.7 Å². The predicted molar refractivity (Wildman–Crippen MR) is 134 cm³/mol. The third-order valence-electron chi connectivity index (χ3n) is 6.38. The van der Waals surface area contributed by atoms with E-state index in [9.17, 15) is 14.4 Å². The highest BCUT2D eigenvalue weighted by molar-refractivity contribution is 7.80. The Balaban J connectivity index is 1.75. The zero-order valence-corrected chi connectivity index (χ0v) is 20.2. The Morgan fingerprint density at radius 2 is 1.74 bits per heavy atom. The standard InChI is InChI=1S/C26H32N2O5S/c1-2-33-21-12-14-26(17-34,15-13-21)25(32)28-22(16-18-6-4-3-5-7-18)23(29)27-20-10-8-19(9-11-20)24(30)31/h3-11,21-22,34H,2,12-17H2,1H3,(H,27,29)(H,28,32)(H,30,31)/t21?,22-,26?/m0/s1. The van der Waals surface area contributed by atoms with Gasteiger partial charge in [-0.25, -0.2) is 4.79 Å². The zero-order chi connectivity index (χ0) is 24.6. The van der Waals surface area contributed by atoms with Crippen molar-refractivity contribution in [2.45, 2.75) is 51.2 Å². The molecule has 7 nitrogen and oxygen atoms in total. The molecule has 1 fully saturated rings. The quantitative estimate of drug-likeness (QED) is 0.382. The van der Waals surface area contributed by atoms with Crippen LogP contribution in [-0.2, 0) is 20.7 Å². The summed E-state index contributed by atoms with van der Waals surface area (Å²) in [4.78, 5) is 37.7. The maximum Gasteiger partial charge on any atom is 0.335 e. The number of nitrogens with one attached hydrogen (secondary N) is 2. The fourth-order valence-corrected chi connectivity index (χ4v) is 4.76. The molecule has 0 bridgehead atoms. The molecule has 2 aromatic rings. The van der Waals surface area contributed by atoms with Crippen LogP contribution >= 0.6 is 12.6 Å². The Bertz CT molecular complexity index is 972. The van der Waals surface area contributed by atoms with E-state index in [1.54, 1.807) is 0 Å². The number of aromatic carboxylic acids is 1. The number of carbonyl (C=O) groups is 3. The van der Waals surface area contributed by atoms with Gasteiger partial charge in [0.05, 0.1) is 17.1 Å². The molecule has 1 saturated carbocycles. The Morgan fingerprint density at radius 3 is 2.29 bits per heavy atom. The summed E-state index contributed by atoms with van der Waals surface area (Å²) in [5, 5.41) is 14.9. The van der Waals surface area contributed by atoms with Crippen molar-refractivity contribution in [3.63, 3.8) is 0 Å². The molecular weight excluding hydrogens is 452 g/mol. The molecule has 0 spiro atoms. The number of carboxylic acids is 1. The first-order valence-electron chi connectivity index (χ1n) is 11.6. The van der Waals surface area contributed by atoms with E-state index in [0.29, 0.717) is 37.3 Å². The van der Waals surface area contributed by atoms with Gasteiger partial charge < -0.3 is 20.5 Å². The fourth-order valence-electron chi connectivity index (χ4n) is 4.30. The first kappa shape index (κ1) is 25.8. The number of ether oxygens (including phenoxy) is 1. The van der Waals surface area contributed by atoms with E-state index in [1.807, 2.05) is 37.3 Å². The van der Waals surface area contributed by atoms with Crippen LogP contribution in [0.4, 0.5) is 5.69 Å². The number of benzene rings is 2. The maximum absolute atomic E-state index is 13.4. The zero-order valence-electron chi connectivity index (χ0n) is 19.3. The summed E-state index contributed by atoms with van der Waals surface area (Å²) >= 11 is 4.50. The Morgan fingerprint density at radius 1 is 1.09 bits per heavy atom. The third kappa shape index (κ3) is 6.61. The van der Waals surface area contributed by atoms with E-state index < -0.39 is 17.4 Å². The Kier molecular flexibility index (Phi) is 9.12. The van der Waals surface area contributed by atoms with E-state index in [2.05, 4.69) is 23.3 Å². The molecular formula is C26H32N2O5S. The fraction of sp³-hybridized carbons (Fsp3) is 0.423. The summed E-state index contributed by atoms with van der Waals surface area (Å²) in [5.41, 5.74) is 0.868. The van der Waals surface area contributed by atoms with Gasteiger partial charge in [-0.1, -0.05) is 30.3 Å². The molecule has 2 amide bonds. The number of amides is 2. The van der Waals surface area contributed by atoms with E-state index in [0.717, 1.165) is 18.4 Å². The normalized spacial score (nSPS) is 20.8. The third-order valence-corrected chi connectivity index (χ3v) is 6.99. The van der Waals surface area contributed by atoms with Crippen LogP contribution in [0.15, 0.2) is 54.6 Å². The van der Waals surface area contributed by atoms with E-state index >= 15 is 0 Å². The Labute approximate surface area is 205 Å². The number of thiol groups is 1. The number of hydrogen-bond acceptors (Lipinski definition) is 5. The average molecular weight is 485 g/mol. The number of anilines is 1. The molecule has 0 aromatic heterocycles. The van der Waals surface area contributed by atoms with Crippen LogP contribution in [0.2, 0.25) is 0 Å². The van der Waals surface area contributed by atoms with Crippen LogP contribution in [-0.4, -0.2) is 47.4 Å². The maximum atomic E-state index is 13.4. The molecule has 3 rings (SSSR count). The molecule has 1 atom stereocenters. The summed E-state index contributed by atoms with van der Waals surface area (Å²) in [7, 11) is 0. The minimum atomic E-state index is -1.04. The second-order valence-corrected chi connectivity index (χ2v) is 9.00. The molecule has 0 aliphatic heterocycles. The first-order chi connectivity index (χ1) is 16.4. The lowest BCUT2D eigenvalue weighted by Crippen LogP contribution is -2.53. The van der Waals surface area contributed by atoms with Gasteiger partial charge in [0.25, 0.3) is 0 Å². The lowest BCUT2D eigenvalue weighted by Gasteiger charge is -2.38. The van der Waals surface area contributed by atoms with Crippen LogP contribution in [0.5, 0.6) is 0 Å². The van der Waals surface area contributed by atoms with Gasteiger partial charge in [-0.05, 0) is 62.4 Å². The van der Waals surface area contributed by atoms with Gasteiger partial charge in [0, 0.05) is 24.5 Å². The van der Waals surface area contributed by atoms with Gasteiger partial charge in [-0.3, -0.25) is 9.59 Å². The molecule has 0 radical (unpaired) electrons. The van der Waals surface area contributed by atoms with Crippen molar-refractivity contribution in [3.8, 4) is 0 Å². The number of rotatable bonds is 10. The van der Waals surface area contributed by atoms with Crippen molar-refractivity contribution < 1.29 is 24.2 Å². The minimum absolute atomic E-state index is 0.130. The molecule has 182 valence electrons. The summed E-state index contributed by atoms with van der Waals surface area (Å²) in [5.74, 6) is -1.18. The lowest BCUT2D eigenvalue weighted by molar-refractivity contribution is -0.136. The highest BCUT2D eigenvalue weighted by atomic mass is 32.1. The molecule has 3 N–H and O–H groups in total.